The third-order valence-corrected chi connectivity index (χ3v) is 3.73. The van der Waals surface area contributed by atoms with Gasteiger partial charge in [-0.1, -0.05) is 30.3 Å². The molecule has 2 N–H and O–H groups in total. The van der Waals surface area contributed by atoms with Crippen molar-refractivity contribution in [2.24, 2.45) is 5.10 Å². The summed E-state index contributed by atoms with van der Waals surface area (Å²) in [6.07, 6.45) is 1.74. The summed E-state index contributed by atoms with van der Waals surface area (Å²) in [5, 5.41) is 7.49. The van der Waals surface area contributed by atoms with E-state index in [4.69, 9.17) is 4.74 Å². The molecular weight excluding hydrogens is 338 g/mol. The van der Waals surface area contributed by atoms with E-state index in [1.165, 1.54) is 5.56 Å². The second kappa shape index (κ2) is 9.33. The highest BCUT2D eigenvalue weighted by Crippen LogP contribution is 2.12. The van der Waals surface area contributed by atoms with Crippen LogP contribution in [0.1, 0.15) is 23.7 Å². The molecular formula is C21H23N5O. The molecule has 2 aromatic carbocycles. The lowest BCUT2D eigenvalue weighted by atomic mass is 10.2. The number of ether oxygens (including phenoxy) is 1. The predicted molar refractivity (Wildman–Crippen MR) is 109 cm³/mol. The first-order valence-corrected chi connectivity index (χ1v) is 8.88. The summed E-state index contributed by atoms with van der Waals surface area (Å²) < 4.78 is 5.43. The number of anilines is 2. The Labute approximate surface area is 159 Å². The van der Waals surface area contributed by atoms with E-state index < -0.39 is 0 Å². The van der Waals surface area contributed by atoms with Crippen LogP contribution in [0.4, 0.5) is 11.8 Å². The van der Waals surface area contributed by atoms with Gasteiger partial charge in [-0.2, -0.15) is 10.1 Å². The lowest BCUT2D eigenvalue weighted by molar-refractivity contribution is 0.340. The molecule has 0 spiro atoms. The van der Waals surface area contributed by atoms with Crippen LogP contribution in [-0.4, -0.2) is 22.8 Å². The Hall–Kier alpha value is -3.41. The number of nitrogens with one attached hydrogen (secondary N) is 2. The van der Waals surface area contributed by atoms with Crippen LogP contribution in [-0.2, 0) is 6.54 Å². The van der Waals surface area contributed by atoms with Gasteiger partial charge in [-0.15, -0.1) is 0 Å². The summed E-state index contributed by atoms with van der Waals surface area (Å²) in [4.78, 5) is 8.87. The molecule has 0 saturated heterocycles. The highest BCUT2D eigenvalue weighted by molar-refractivity contribution is 5.80. The van der Waals surface area contributed by atoms with Crippen LogP contribution in [0.25, 0.3) is 0 Å². The zero-order valence-corrected chi connectivity index (χ0v) is 15.5. The van der Waals surface area contributed by atoms with Gasteiger partial charge in [0.25, 0.3) is 0 Å². The Morgan fingerprint density at radius 2 is 1.81 bits per heavy atom. The van der Waals surface area contributed by atoms with Crippen LogP contribution < -0.4 is 15.5 Å². The average molecular weight is 361 g/mol. The Morgan fingerprint density at radius 1 is 1.04 bits per heavy atom. The van der Waals surface area contributed by atoms with Crippen molar-refractivity contribution in [3.63, 3.8) is 0 Å². The molecule has 3 aromatic rings. The van der Waals surface area contributed by atoms with Crippen molar-refractivity contribution in [2.75, 3.05) is 17.3 Å². The quantitative estimate of drug-likeness (QED) is 0.464. The van der Waals surface area contributed by atoms with Crippen LogP contribution in [0, 0.1) is 6.92 Å². The number of hydrazone groups is 1. The molecule has 3 rings (SSSR count). The first kappa shape index (κ1) is 18.4. The maximum Gasteiger partial charge on any atom is 0.225 e. The third-order valence-electron chi connectivity index (χ3n) is 3.73. The first-order valence-electron chi connectivity index (χ1n) is 8.88. The molecule has 0 aliphatic heterocycles. The van der Waals surface area contributed by atoms with Crippen molar-refractivity contribution in [2.45, 2.75) is 20.4 Å². The summed E-state index contributed by atoms with van der Waals surface area (Å²) >= 11 is 0. The van der Waals surface area contributed by atoms with E-state index in [0.717, 1.165) is 17.0 Å². The number of aryl methyl sites for hydroxylation is 1. The number of nitrogens with zero attached hydrogens (tertiary/aromatic N) is 3. The zero-order chi connectivity index (χ0) is 18.9. The van der Waals surface area contributed by atoms with Gasteiger partial charge in [0.15, 0.2) is 5.82 Å². The second-order valence-corrected chi connectivity index (χ2v) is 5.93. The molecule has 0 saturated carbocycles. The highest BCUT2D eigenvalue weighted by Gasteiger charge is 2.02. The zero-order valence-electron chi connectivity index (χ0n) is 15.5. The predicted octanol–water partition coefficient (Wildman–Crippen LogP) is 4.24. The van der Waals surface area contributed by atoms with E-state index in [-0.39, 0.29) is 0 Å². The van der Waals surface area contributed by atoms with E-state index >= 15 is 0 Å². The van der Waals surface area contributed by atoms with Gasteiger partial charge in [0.2, 0.25) is 5.95 Å². The van der Waals surface area contributed by atoms with E-state index in [2.05, 4.69) is 37.9 Å². The topological polar surface area (TPSA) is 71.4 Å². The van der Waals surface area contributed by atoms with Crippen LogP contribution in [0.2, 0.25) is 0 Å². The fourth-order valence-electron chi connectivity index (χ4n) is 2.47. The number of hydrogen-bond acceptors (Lipinski definition) is 6. The maximum absolute atomic E-state index is 5.43. The third kappa shape index (κ3) is 5.81. The number of rotatable bonds is 8. The van der Waals surface area contributed by atoms with Crippen molar-refractivity contribution in [3.8, 4) is 5.75 Å². The van der Waals surface area contributed by atoms with Gasteiger partial charge in [-0.05, 0) is 49.2 Å². The Kier molecular flexibility index (Phi) is 6.35. The fourth-order valence-corrected chi connectivity index (χ4v) is 2.47. The second-order valence-electron chi connectivity index (χ2n) is 5.93. The van der Waals surface area contributed by atoms with Crippen LogP contribution >= 0.6 is 0 Å². The lowest BCUT2D eigenvalue weighted by Crippen LogP contribution is -2.06. The summed E-state index contributed by atoms with van der Waals surface area (Å²) in [7, 11) is 0. The summed E-state index contributed by atoms with van der Waals surface area (Å²) in [6, 6.07) is 19.7. The van der Waals surface area contributed by atoms with Gasteiger partial charge in [-0.3, -0.25) is 5.43 Å². The van der Waals surface area contributed by atoms with Crippen molar-refractivity contribution in [1.82, 2.24) is 9.97 Å². The van der Waals surface area contributed by atoms with Crippen LogP contribution in [0.15, 0.2) is 65.8 Å². The normalized spacial score (nSPS) is 10.7. The van der Waals surface area contributed by atoms with Crippen LogP contribution in [0.3, 0.4) is 0 Å². The molecule has 138 valence electrons. The minimum Gasteiger partial charge on any atom is -0.494 e. The van der Waals surface area contributed by atoms with Crippen LogP contribution in [0.5, 0.6) is 5.75 Å². The van der Waals surface area contributed by atoms with Gasteiger partial charge in [-0.25, -0.2) is 4.98 Å². The Balaban J connectivity index is 1.60. The van der Waals surface area contributed by atoms with Gasteiger partial charge in [0.05, 0.1) is 12.8 Å². The molecule has 27 heavy (non-hydrogen) atoms. The smallest absolute Gasteiger partial charge is 0.225 e. The molecule has 0 aliphatic carbocycles. The summed E-state index contributed by atoms with van der Waals surface area (Å²) in [5.74, 6) is 2.06. The maximum atomic E-state index is 5.43. The van der Waals surface area contributed by atoms with Crippen molar-refractivity contribution < 1.29 is 4.74 Å². The highest BCUT2D eigenvalue weighted by atomic mass is 16.5. The van der Waals surface area contributed by atoms with Gasteiger partial charge < -0.3 is 10.1 Å². The standard InChI is InChI=1S/C21H23N5O/c1-3-27-19-11-9-18(10-12-19)15-23-26-20-13-16(2)24-21(25-20)22-14-17-7-5-4-6-8-17/h4-13,15H,3,14H2,1-2H3,(H2,22,24,25,26). The number of hydrogen-bond donors (Lipinski definition) is 2. The van der Waals surface area contributed by atoms with Gasteiger partial charge >= 0.3 is 0 Å². The molecule has 0 amide bonds. The van der Waals surface area contributed by atoms with E-state index in [1.54, 1.807) is 6.21 Å². The van der Waals surface area contributed by atoms with Gasteiger partial charge in [0, 0.05) is 18.3 Å². The van der Waals surface area contributed by atoms with Crippen molar-refractivity contribution in [1.29, 1.82) is 0 Å². The minimum atomic E-state index is 0.567. The van der Waals surface area contributed by atoms with Crippen molar-refractivity contribution >= 4 is 18.0 Å². The molecule has 0 unspecified atom stereocenters. The molecule has 0 radical (unpaired) electrons. The van der Waals surface area contributed by atoms with Crippen molar-refractivity contribution in [3.05, 3.63) is 77.5 Å². The molecule has 6 nitrogen and oxygen atoms in total. The SMILES string of the molecule is CCOc1ccc(C=NNc2cc(C)nc(NCc3ccccc3)n2)cc1. The molecule has 0 atom stereocenters. The summed E-state index contributed by atoms with van der Waals surface area (Å²) in [5.41, 5.74) is 5.96. The van der Waals surface area contributed by atoms with E-state index in [9.17, 15) is 0 Å². The van der Waals surface area contributed by atoms with E-state index in [0.29, 0.717) is 24.9 Å². The largest absolute Gasteiger partial charge is 0.494 e. The molecule has 1 heterocycles. The molecule has 0 bridgehead atoms. The Morgan fingerprint density at radius 3 is 2.56 bits per heavy atom. The number of benzene rings is 2. The Bertz CT molecular complexity index is 879. The fraction of sp³-hybridized carbons (Fsp3) is 0.190. The average Bonchev–Trinajstić information content (AvgIpc) is 2.68. The minimum absolute atomic E-state index is 0.567. The lowest BCUT2D eigenvalue weighted by Gasteiger charge is -2.08. The first-order chi connectivity index (χ1) is 13.2. The van der Waals surface area contributed by atoms with E-state index in [1.807, 2.05) is 62.4 Å². The van der Waals surface area contributed by atoms with Gasteiger partial charge in [0.1, 0.15) is 5.75 Å². The number of aromatic nitrogens is 2. The molecule has 0 fully saturated rings. The summed E-state index contributed by atoms with van der Waals surface area (Å²) in [6.45, 7) is 5.21. The molecule has 6 heteroatoms. The molecule has 0 aliphatic rings. The monoisotopic (exact) mass is 361 g/mol. The molecule has 1 aromatic heterocycles.